The van der Waals surface area contributed by atoms with Crippen LogP contribution in [0.3, 0.4) is 0 Å². The predicted molar refractivity (Wildman–Crippen MR) is 128 cm³/mol. The average Bonchev–Trinajstić information content (AvgIpc) is 3.41. The molecule has 2 fully saturated rings. The molecule has 0 radical (unpaired) electrons. The minimum Gasteiger partial charge on any atom is -0.493 e. The SMILES string of the molecule is O=C(CN1CCN(Cc2ccc3c(c2)CCO3)CC1)N(c1ccccc1)C1CCS(=O)(=O)C1. The van der Waals surface area contributed by atoms with Crippen LogP contribution >= 0.6 is 0 Å². The minimum atomic E-state index is -3.08. The number of benzene rings is 2. The van der Waals surface area contributed by atoms with Crippen molar-refractivity contribution in [1.82, 2.24) is 9.80 Å². The van der Waals surface area contributed by atoms with Crippen LogP contribution in [0, 0.1) is 0 Å². The van der Waals surface area contributed by atoms with Crippen LogP contribution in [0.15, 0.2) is 48.5 Å². The first kappa shape index (κ1) is 22.4. The predicted octanol–water partition coefficient (Wildman–Crippen LogP) is 1.96. The number of carbonyl (C=O) groups excluding carboxylic acids is 1. The normalized spacial score (nSPS) is 22.6. The molecule has 1 unspecified atom stereocenters. The molecule has 0 spiro atoms. The zero-order chi connectivity index (χ0) is 22.8. The molecule has 0 aromatic heterocycles. The van der Waals surface area contributed by atoms with Crippen molar-refractivity contribution < 1.29 is 17.9 Å². The zero-order valence-corrected chi connectivity index (χ0v) is 19.7. The zero-order valence-electron chi connectivity index (χ0n) is 18.9. The van der Waals surface area contributed by atoms with E-state index in [1.165, 1.54) is 11.1 Å². The number of hydrogen-bond donors (Lipinski definition) is 0. The van der Waals surface area contributed by atoms with E-state index in [0.717, 1.165) is 57.2 Å². The second-order valence-electron chi connectivity index (χ2n) is 9.25. The maximum Gasteiger partial charge on any atom is 0.241 e. The summed E-state index contributed by atoms with van der Waals surface area (Å²) in [5.74, 6) is 1.20. The first-order valence-corrected chi connectivity index (χ1v) is 13.6. The standard InChI is InChI=1S/C25H31N3O4S/c29-25(28(22-4-2-1-3-5-22)23-9-15-33(30,31)19-23)18-27-12-10-26(11-13-27)17-20-6-7-24-21(16-20)8-14-32-24/h1-7,16,23H,8-15,17-19H2. The lowest BCUT2D eigenvalue weighted by Crippen LogP contribution is -2.51. The molecule has 0 N–H and O–H groups in total. The maximum absolute atomic E-state index is 13.4. The Bertz CT molecular complexity index is 1100. The monoisotopic (exact) mass is 469 g/mol. The van der Waals surface area contributed by atoms with Crippen LogP contribution in [0.4, 0.5) is 5.69 Å². The molecular weight excluding hydrogens is 438 g/mol. The molecule has 33 heavy (non-hydrogen) atoms. The molecule has 1 atom stereocenters. The van der Waals surface area contributed by atoms with E-state index in [-0.39, 0.29) is 23.5 Å². The van der Waals surface area contributed by atoms with Crippen molar-refractivity contribution in [1.29, 1.82) is 0 Å². The van der Waals surface area contributed by atoms with Crippen molar-refractivity contribution in [2.45, 2.75) is 25.4 Å². The quantitative estimate of drug-likeness (QED) is 0.644. The van der Waals surface area contributed by atoms with Gasteiger partial charge < -0.3 is 9.64 Å². The van der Waals surface area contributed by atoms with E-state index in [4.69, 9.17) is 4.74 Å². The van der Waals surface area contributed by atoms with Crippen molar-refractivity contribution in [3.05, 3.63) is 59.7 Å². The van der Waals surface area contributed by atoms with E-state index in [0.29, 0.717) is 13.0 Å². The van der Waals surface area contributed by atoms with Gasteiger partial charge in [0.1, 0.15) is 5.75 Å². The van der Waals surface area contributed by atoms with Crippen molar-refractivity contribution in [2.75, 3.05) is 55.7 Å². The number of anilines is 1. The van der Waals surface area contributed by atoms with Crippen molar-refractivity contribution in [3.8, 4) is 5.75 Å². The number of rotatable bonds is 6. The molecule has 1 amide bonds. The minimum absolute atomic E-state index is 0.0182. The summed E-state index contributed by atoms with van der Waals surface area (Å²) in [6.07, 6.45) is 1.49. The van der Waals surface area contributed by atoms with Crippen LogP contribution < -0.4 is 9.64 Å². The molecule has 2 aromatic rings. The highest BCUT2D eigenvalue weighted by Gasteiger charge is 2.36. The third-order valence-corrected chi connectivity index (χ3v) is 8.61. The largest absolute Gasteiger partial charge is 0.493 e. The van der Waals surface area contributed by atoms with E-state index >= 15 is 0 Å². The highest BCUT2D eigenvalue weighted by molar-refractivity contribution is 7.91. The summed E-state index contributed by atoms with van der Waals surface area (Å²) in [4.78, 5) is 19.7. The van der Waals surface area contributed by atoms with Gasteiger partial charge in [-0.2, -0.15) is 0 Å². The topological polar surface area (TPSA) is 70.2 Å². The molecule has 176 valence electrons. The first-order chi connectivity index (χ1) is 16.0. The molecule has 0 saturated carbocycles. The van der Waals surface area contributed by atoms with E-state index in [2.05, 4.69) is 28.0 Å². The molecule has 2 aromatic carbocycles. The second-order valence-corrected chi connectivity index (χ2v) is 11.5. The van der Waals surface area contributed by atoms with Gasteiger partial charge in [-0.25, -0.2) is 8.42 Å². The first-order valence-electron chi connectivity index (χ1n) is 11.7. The number of ether oxygens (including phenoxy) is 1. The van der Waals surface area contributed by atoms with Gasteiger partial charge in [0.15, 0.2) is 9.84 Å². The highest BCUT2D eigenvalue weighted by Crippen LogP contribution is 2.27. The number of fused-ring (bicyclic) bond motifs is 1. The third-order valence-electron chi connectivity index (χ3n) is 6.86. The smallest absolute Gasteiger partial charge is 0.241 e. The number of hydrogen-bond acceptors (Lipinski definition) is 6. The molecule has 2 saturated heterocycles. The van der Waals surface area contributed by atoms with E-state index in [1.807, 2.05) is 30.3 Å². The van der Waals surface area contributed by atoms with Gasteiger partial charge in [-0.3, -0.25) is 14.6 Å². The van der Waals surface area contributed by atoms with Gasteiger partial charge in [0.25, 0.3) is 0 Å². The number of piperazine rings is 1. The summed E-state index contributed by atoms with van der Waals surface area (Å²) in [5, 5.41) is 0. The summed E-state index contributed by atoms with van der Waals surface area (Å²) in [6.45, 7) is 5.46. The van der Waals surface area contributed by atoms with Crippen LogP contribution in [0.1, 0.15) is 17.5 Å². The Labute approximate surface area is 195 Å². The van der Waals surface area contributed by atoms with Gasteiger partial charge in [0, 0.05) is 44.8 Å². The maximum atomic E-state index is 13.4. The molecule has 3 heterocycles. The molecular formula is C25H31N3O4S. The lowest BCUT2D eigenvalue weighted by molar-refractivity contribution is -0.120. The number of sulfone groups is 1. The number of carbonyl (C=O) groups is 1. The Hall–Kier alpha value is -2.42. The van der Waals surface area contributed by atoms with E-state index < -0.39 is 9.84 Å². The van der Waals surface area contributed by atoms with E-state index in [1.54, 1.807) is 4.90 Å². The number of nitrogens with zero attached hydrogens (tertiary/aromatic N) is 3. The van der Waals surface area contributed by atoms with E-state index in [9.17, 15) is 13.2 Å². The highest BCUT2D eigenvalue weighted by atomic mass is 32.2. The summed E-state index contributed by atoms with van der Waals surface area (Å²) < 4.78 is 29.8. The molecule has 0 aliphatic carbocycles. The van der Waals surface area contributed by atoms with Gasteiger partial charge in [0.2, 0.25) is 5.91 Å². The molecule has 7 nitrogen and oxygen atoms in total. The van der Waals surface area contributed by atoms with Crippen LogP contribution in [0.5, 0.6) is 5.75 Å². The Morgan fingerprint density at radius 3 is 2.52 bits per heavy atom. The lowest BCUT2D eigenvalue weighted by atomic mass is 10.1. The van der Waals surface area contributed by atoms with Crippen molar-refractivity contribution >= 4 is 21.4 Å². The molecule has 8 heteroatoms. The average molecular weight is 470 g/mol. The molecule has 3 aliphatic rings. The Morgan fingerprint density at radius 1 is 1.03 bits per heavy atom. The fourth-order valence-electron chi connectivity index (χ4n) is 5.10. The fourth-order valence-corrected chi connectivity index (χ4v) is 6.80. The molecule has 0 bridgehead atoms. The lowest BCUT2D eigenvalue weighted by Gasteiger charge is -2.36. The number of amides is 1. The van der Waals surface area contributed by atoms with Crippen LogP contribution in [0.25, 0.3) is 0 Å². The summed E-state index contributed by atoms with van der Waals surface area (Å²) >= 11 is 0. The fraction of sp³-hybridized carbons (Fsp3) is 0.480. The van der Waals surface area contributed by atoms with Gasteiger partial charge in [-0.1, -0.05) is 30.3 Å². The Morgan fingerprint density at radius 2 is 1.79 bits per heavy atom. The Kier molecular flexibility index (Phi) is 6.40. The van der Waals surface area contributed by atoms with Crippen LogP contribution in [-0.4, -0.2) is 81.0 Å². The number of para-hydroxylation sites is 1. The van der Waals surface area contributed by atoms with Gasteiger partial charge in [-0.15, -0.1) is 0 Å². The van der Waals surface area contributed by atoms with Gasteiger partial charge >= 0.3 is 0 Å². The third kappa shape index (κ3) is 5.23. The van der Waals surface area contributed by atoms with Crippen LogP contribution in [-0.2, 0) is 27.6 Å². The van der Waals surface area contributed by atoms with Crippen molar-refractivity contribution in [3.63, 3.8) is 0 Å². The van der Waals surface area contributed by atoms with Gasteiger partial charge in [-0.05, 0) is 35.7 Å². The molecule has 3 aliphatic heterocycles. The molecule has 5 rings (SSSR count). The van der Waals surface area contributed by atoms with Gasteiger partial charge in [0.05, 0.1) is 30.7 Å². The van der Waals surface area contributed by atoms with Crippen molar-refractivity contribution in [2.24, 2.45) is 0 Å². The summed E-state index contributed by atoms with van der Waals surface area (Å²) in [7, 11) is -3.08. The van der Waals surface area contributed by atoms with Crippen LogP contribution in [0.2, 0.25) is 0 Å². The summed E-state index contributed by atoms with van der Waals surface area (Å²) in [5.41, 5.74) is 3.39. The summed E-state index contributed by atoms with van der Waals surface area (Å²) in [6, 6.07) is 15.7. The Balaban J connectivity index is 1.19. The second kappa shape index (κ2) is 9.44.